The zero-order valence-electron chi connectivity index (χ0n) is 8.22. The Balaban J connectivity index is 2.78. The Labute approximate surface area is 101 Å². The van der Waals surface area contributed by atoms with Crippen LogP contribution in [-0.2, 0) is 4.79 Å². The normalized spacial score (nSPS) is 12.1. The topological polar surface area (TPSA) is 61.4 Å². The van der Waals surface area contributed by atoms with Crippen molar-refractivity contribution >= 4 is 34.8 Å². The van der Waals surface area contributed by atoms with Crippen molar-refractivity contribution in [1.82, 2.24) is 5.43 Å². The molecular weight excluding hydrogens is 258 g/mol. The highest BCUT2D eigenvalue weighted by Crippen LogP contribution is 2.30. The van der Waals surface area contributed by atoms with Crippen molar-refractivity contribution in [3.05, 3.63) is 28.0 Å². The van der Waals surface area contributed by atoms with Crippen molar-refractivity contribution in [2.75, 3.05) is 5.43 Å². The first-order chi connectivity index (χ1) is 7.41. The quantitative estimate of drug-likeness (QED) is 0.733. The summed E-state index contributed by atoms with van der Waals surface area (Å²) in [4.78, 5) is 11.0. The smallest absolute Gasteiger partial charge is 0.266 e. The Morgan fingerprint density at radius 2 is 1.94 bits per heavy atom. The van der Waals surface area contributed by atoms with Crippen LogP contribution >= 0.6 is 23.2 Å². The minimum Gasteiger partial charge on any atom is -0.383 e. The van der Waals surface area contributed by atoms with Crippen LogP contribution in [0.2, 0.25) is 10.0 Å². The number of carbonyl (C=O) groups is 1. The second kappa shape index (κ2) is 5.34. The lowest BCUT2D eigenvalue weighted by Gasteiger charge is -2.12. The maximum absolute atomic E-state index is 12.8. The average molecular weight is 267 g/mol. The van der Waals surface area contributed by atoms with Gasteiger partial charge in [-0.1, -0.05) is 23.2 Å². The largest absolute Gasteiger partial charge is 0.383 e. The zero-order chi connectivity index (χ0) is 12.3. The maximum Gasteiger partial charge on any atom is 0.266 e. The van der Waals surface area contributed by atoms with E-state index >= 15 is 0 Å². The Bertz CT molecular complexity index is 389. The van der Waals surface area contributed by atoms with Crippen LogP contribution in [0.3, 0.4) is 0 Å². The van der Waals surface area contributed by atoms with E-state index in [2.05, 4.69) is 10.9 Å². The summed E-state index contributed by atoms with van der Waals surface area (Å²) in [7, 11) is 0. The van der Waals surface area contributed by atoms with Crippen molar-refractivity contribution in [2.45, 2.75) is 13.0 Å². The SMILES string of the molecule is CC(O)C(=O)NNc1c(Cl)cc(F)cc1Cl. The molecule has 88 valence electrons. The maximum atomic E-state index is 12.8. The van der Waals surface area contributed by atoms with Gasteiger partial charge in [0.15, 0.2) is 0 Å². The van der Waals surface area contributed by atoms with E-state index in [-0.39, 0.29) is 15.7 Å². The highest BCUT2D eigenvalue weighted by atomic mass is 35.5. The van der Waals surface area contributed by atoms with Gasteiger partial charge in [0.1, 0.15) is 11.9 Å². The summed E-state index contributed by atoms with van der Waals surface area (Å²) in [6, 6.07) is 2.09. The first-order valence-electron chi connectivity index (χ1n) is 4.30. The Kier molecular flexibility index (Phi) is 4.35. The molecule has 0 saturated heterocycles. The number of aliphatic hydroxyl groups excluding tert-OH is 1. The van der Waals surface area contributed by atoms with Gasteiger partial charge in [0.2, 0.25) is 0 Å². The third-order valence-electron chi connectivity index (χ3n) is 1.70. The van der Waals surface area contributed by atoms with Crippen molar-refractivity contribution in [2.24, 2.45) is 0 Å². The van der Waals surface area contributed by atoms with Crippen molar-refractivity contribution < 1.29 is 14.3 Å². The fourth-order valence-electron chi connectivity index (χ4n) is 0.890. The van der Waals surface area contributed by atoms with Gasteiger partial charge in [0.05, 0.1) is 15.7 Å². The fourth-order valence-corrected chi connectivity index (χ4v) is 1.45. The molecule has 0 aliphatic carbocycles. The number of amides is 1. The number of rotatable bonds is 3. The van der Waals surface area contributed by atoms with Gasteiger partial charge in [-0.3, -0.25) is 15.6 Å². The van der Waals surface area contributed by atoms with Crippen LogP contribution in [0.25, 0.3) is 0 Å². The fraction of sp³-hybridized carbons (Fsp3) is 0.222. The van der Waals surface area contributed by atoms with E-state index in [0.717, 1.165) is 12.1 Å². The molecule has 0 saturated carbocycles. The highest BCUT2D eigenvalue weighted by Gasteiger charge is 2.11. The molecule has 4 nitrogen and oxygen atoms in total. The van der Waals surface area contributed by atoms with E-state index < -0.39 is 17.8 Å². The molecule has 16 heavy (non-hydrogen) atoms. The Hall–Kier alpha value is -1.04. The minimum absolute atomic E-state index is 0.0240. The van der Waals surface area contributed by atoms with Gasteiger partial charge >= 0.3 is 0 Å². The Morgan fingerprint density at radius 1 is 1.44 bits per heavy atom. The number of nitrogens with one attached hydrogen (secondary N) is 2. The van der Waals surface area contributed by atoms with Crippen LogP contribution in [0, 0.1) is 5.82 Å². The average Bonchev–Trinajstić information content (AvgIpc) is 2.15. The molecule has 1 aromatic carbocycles. The summed E-state index contributed by atoms with van der Waals surface area (Å²) >= 11 is 11.4. The summed E-state index contributed by atoms with van der Waals surface area (Å²) in [6.07, 6.45) is -1.18. The molecule has 0 radical (unpaired) electrons. The predicted molar refractivity (Wildman–Crippen MR) is 59.9 cm³/mol. The molecule has 0 aromatic heterocycles. The van der Waals surface area contributed by atoms with Crippen LogP contribution in [0.1, 0.15) is 6.92 Å². The van der Waals surface area contributed by atoms with Crippen LogP contribution in [0.15, 0.2) is 12.1 Å². The summed E-state index contributed by atoms with van der Waals surface area (Å²) in [6.45, 7) is 1.30. The summed E-state index contributed by atoms with van der Waals surface area (Å²) in [5.74, 6) is -1.24. The third-order valence-corrected chi connectivity index (χ3v) is 2.29. The molecule has 1 atom stereocenters. The molecule has 0 spiro atoms. The predicted octanol–water partition coefficient (Wildman–Crippen LogP) is 1.96. The van der Waals surface area contributed by atoms with Crippen molar-refractivity contribution in [1.29, 1.82) is 0 Å². The molecule has 1 rings (SSSR count). The molecule has 1 aromatic rings. The monoisotopic (exact) mass is 266 g/mol. The van der Waals surface area contributed by atoms with Crippen molar-refractivity contribution in [3.8, 4) is 0 Å². The molecule has 3 N–H and O–H groups in total. The number of anilines is 1. The van der Waals surface area contributed by atoms with Gasteiger partial charge in [-0.25, -0.2) is 4.39 Å². The van der Waals surface area contributed by atoms with Crippen LogP contribution < -0.4 is 10.9 Å². The summed E-state index contributed by atoms with van der Waals surface area (Å²) < 4.78 is 12.8. The summed E-state index contributed by atoms with van der Waals surface area (Å²) in [5, 5.41) is 8.95. The van der Waals surface area contributed by atoms with Gasteiger partial charge in [-0.15, -0.1) is 0 Å². The lowest BCUT2D eigenvalue weighted by Crippen LogP contribution is -2.36. The van der Waals surface area contributed by atoms with Crippen LogP contribution in [-0.4, -0.2) is 17.1 Å². The molecular formula is C9H9Cl2FN2O2. The van der Waals surface area contributed by atoms with E-state index in [9.17, 15) is 9.18 Å². The number of benzene rings is 1. The number of carbonyl (C=O) groups excluding carboxylic acids is 1. The molecule has 0 bridgehead atoms. The number of aliphatic hydroxyl groups is 1. The molecule has 7 heteroatoms. The molecule has 1 unspecified atom stereocenters. The van der Waals surface area contributed by atoms with Gasteiger partial charge < -0.3 is 5.11 Å². The number of hydrogen-bond donors (Lipinski definition) is 3. The van der Waals surface area contributed by atoms with E-state index in [1.165, 1.54) is 6.92 Å². The van der Waals surface area contributed by atoms with Crippen LogP contribution in [0.5, 0.6) is 0 Å². The lowest BCUT2D eigenvalue weighted by atomic mass is 10.3. The number of hydrazine groups is 1. The second-order valence-corrected chi connectivity index (χ2v) is 3.85. The highest BCUT2D eigenvalue weighted by molar-refractivity contribution is 6.39. The van der Waals surface area contributed by atoms with Gasteiger partial charge in [-0.2, -0.15) is 0 Å². The summed E-state index contributed by atoms with van der Waals surface area (Å²) in [5.41, 5.74) is 4.73. The minimum atomic E-state index is -1.18. The molecule has 0 aliphatic rings. The second-order valence-electron chi connectivity index (χ2n) is 3.03. The first kappa shape index (κ1) is 13.0. The van der Waals surface area contributed by atoms with Crippen LogP contribution in [0.4, 0.5) is 10.1 Å². The zero-order valence-corrected chi connectivity index (χ0v) is 9.73. The molecule has 1 amide bonds. The Morgan fingerprint density at radius 3 is 2.38 bits per heavy atom. The number of hydrogen-bond acceptors (Lipinski definition) is 3. The molecule has 0 heterocycles. The van der Waals surface area contributed by atoms with E-state index in [0.29, 0.717) is 0 Å². The van der Waals surface area contributed by atoms with Gasteiger partial charge in [-0.05, 0) is 19.1 Å². The molecule has 0 fully saturated rings. The van der Waals surface area contributed by atoms with E-state index in [1.807, 2.05) is 0 Å². The van der Waals surface area contributed by atoms with E-state index in [1.54, 1.807) is 0 Å². The lowest BCUT2D eigenvalue weighted by molar-refractivity contribution is -0.127. The number of halogens is 3. The first-order valence-corrected chi connectivity index (χ1v) is 5.06. The van der Waals surface area contributed by atoms with Crippen molar-refractivity contribution in [3.63, 3.8) is 0 Å². The standard InChI is InChI=1S/C9H9Cl2FN2O2/c1-4(15)9(16)14-13-8-6(10)2-5(12)3-7(8)11/h2-4,13,15H,1H3,(H,14,16). The van der Waals surface area contributed by atoms with Gasteiger partial charge in [0.25, 0.3) is 5.91 Å². The molecule has 0 aliphatic heterocycles. The van der Waals surface area contributed by atoms with Gasteiger partial charge in [0, 0.05) is 0 Å². The van der Waals surface area contributed by atoms with E-state index in [4.69, 9.17) is 28.3 Å². The third kappa shape index (κ3) is 3.23.